The summed E-state index contributed by atoms with van der Waals surface area (Å²) in [6.45, 7) is 8.30. The molecule has 1 saturated heterocycles. The maximum atomic E-state index is 6.58. The first-order valence-corrected chi connectivity index (χ1v) is 12.1. The average Bonchev–Trinajstić information content (AvgIpc) is 3.45. The minimum Gasteiger partial charge on any atom is -0.454 e. The van der Waals surface area contributed by atoms with E-state index < -0.39 is 7.12 Å². The largest absolute Gasteiger partial charge is 0.494 e. The summed E-state index contributed by atoms with van der Waals surface area (Å²) in [6, 6.07) is 29.7. The van der Waals surface area contributed by atoms with Gasteiger partial charge in [0.25, 0.3) is 0 Å². The van der Waals surface area contributed by atoms with E-state index in [-0.39, 0.29) is 11.2 Å². The first kappa shape index (κ1) is 20.8. The molecule has 7 rings (SSSR count). The van der Waals surface area contributed by atoms with Crippen molar-refractivity contribution in [2.24, 2.45) is 0 Å². The van der Waals surface area contributed by atoms with E-state index in [0.717, 1.165) is 33.1 Å². The third-order valence-corrected chi connectivity index (χ3v) is 7.85. The topological polar surface area (TPSA) is 36.5 Å². The number of furan rings is 1. The molecule has 0 bridgehead atoms. The molecule has 0 amide bonds. The van der Waals surface area contributed by atoms with E-state index in [2.05, 4.69) is 117 Å². The number of hydrogen-bond donors (Lipinski definition) is 0. The van der Waals surface area contributed by atoms with E-state index in [1.807, 2.05) is 0 Å². The molecule has 1 fully saturated rings. The number of para-hydroxylation sites is 3. The Balaban J connectivity index is 1.45. The lowest BCUT2D eigenvalue weighted by Crippen LogP contribution is -2.41. The minimum absolute atomic E-state index is 0.385. The molecule has 2 aromatic heterocycles. The van der Waals surface area contributed by atoms with Crippen molar-refractivity contribution < 1.29 is 13.7 Å². The molecule has 0 unspecified atom stereocenters. The first-order chi connectivity index (χ1) is 16.8. The highest BCUT2D eigenvalue weighted by Crippen LogP contribution is 2.39. The van der Waals surface area contributed by atoms with E-state index in [9.17, 15) is 0 Å². The molecule has 35 heavy (non-hydrogen) atoms. The van der Waals surface area contributed by atoms with Gasteiger partial charge in [-0.15, -0.1) is 0 Å². The fourth-order valence-corrected chi connectivity index (χ4v) is 5.28. The summed E-state index contributed by atoms with van der Waals surface area (Å²) in [5.41, 5.74) is 5.27. The summed E-state index contributed by atoms with van der Waals surface area (Å²) in [4.78, 5) is 0. The van der Waals surface area contributed by atoms with Crippen molar-refractivity contribution in [1.82, 2.24) is 4.57 Å². The second-order valence-corrected chi connectivity index (χ2v) is 10.5. The molecule has 6 aromatic rings. The summed E-state index contributed by atoms with van der Waals surface area (Å²) < 4.78 is 21.5. The molecule has 4 aromatic carbocycles. The van der Waals surface area contributed by atoms with Crippen LogP contribution < -0.4 is 5.46 Å². The zero-order valence-electron chi connectivity index (χ0n) is 20.3. The fourth-order valence-electron chi connectivity index (χ4n) is 5.28. The molecule has 5 heteroatoms. The van der Waals surface area contributed by atoms with Gasteiger partial charge in [0.1, 0.15) is 5.58 Å². The second kappa shape index (κ2) is 7.00. The van der Waals surface area contributed by atoms with Crippen molar-refractivity contribution in [2.45, 2.75) is 38.9 Å². The Labute approximate surface area is 204 Å². The molecule has 1 aliphatic rings. The van der Waals surface area contributed by atoms with E-state index in [1.165, 1.54) is 21.8 Å². The molecule has 0 N–H and O–H groups in total. The Hall–Kier alpha value is -3.54. The lowest BCUT2D eigenvalue weighted by molar-refractivity contribution is 0.00578. The standard InChI is InChI=1S/C30H26BNO3/c1-29(2)30(3,4)35-31(34-29)19-16-17-22-23-12-9-15-26(28(23)33-27(22)18-19)32-24-13-7-5-10-20(24)21-11-6-8-14-25(21)32/h5-18H,1-4H3. The van der Waals surface area contributed by atoms with Gasteiger partial charge in [-0.05, 0) is 57.4 Å². The highest BCUT2D eigenvalue weighted by molar-refractivity contribution is 6.62. The van der Waals surface area contributed by atoms with Crippen molar-refractivity contribution in [1.29, 1.82) is 0 Å². The SMILES string of the molecule is CC1(C)OB(c2ccc3c(c2)oc2c(-n4c5ccccc5c5ccccc54)cccc23)OC1(C)C. The molecule has 4 nitrogen and oxygen atoms in total. The number of fused-ring (bicyclic) bond motifs is 6. The summed E-state index contributed by atoms with van der Waals surface area (Å²) in [5.74, 6) is 0. The van der Waals surface area contributed by atoms with Gasteiger partial charge in [0.05, 0.1) is 27.9 Å². The quantitative estimate of drug-likeness (QED) is 0.262. The van der Waals surface area contributed by atoms with Crippen LogP contribution in [0, 0.1) is 0 Å². The van der Waals surface area contributed by atoms with Crippen molar-refractivity contribution in [2.75, 3.05) is 0 Å². The third kappa shape index (κ3) is 2.89. The van der Waals surface area contributed by atoms with Crippen LogP contribution in [0.4, 0.5) is 0 Å². The fraction of sp³-hybridized carbons (Fsp3) is 0.200. The van der Waals surface area contributed by atoms with Gasteiger partial charge in [-0.1, -0.05) is 60.7 Å². The Morgan fingerprint density at radius 1 is 0.629 bits per heavy atom. The highest BCUT2D eigenvalue weighted by atomic mass is 16.7. The summed E-state index contributed by atoms with van der Waals surface area (Å²) in [5, 5.41) is 4.65. The summed E-state index contributed by atoms with van der Waals surface area (Å²) in [6.07, 6.45) is 0. The van der Waals surface area contributed by atoms with Gasteiger partial charge in [0, 0.05) is 21.5 Å². The van der Waals surface area contributed by atoms with E-state index in [1.54, 1.807) is 0 Å². The van der Waals surface area contributed by atoms with Crippen LogP contribution in [0.25, 0.3) is 49.4 Å². The first-order valence-electron chi connectivity index (χ1n) is 12.1. The van der Waals surface area contributed by atoms with Crippen molar-refractivity contribution in [3.63, 3.8) is 0 Å². The number of rotatable bonds is 2. The van der Waals surface area contributed by atoms with Crippen LogP contribution in [0.2, 0.25) is 0 Å². The van der Waals surface area contributed by atoms with Crippen LogP contribution in [0.3, 0.4) is 0 Å². The van der Waals surface area contributed by atoms with Crippen LogP contribution in [0.15, 0.2) is 89.3 Å². The van der Waals surface area contributed by atoms with Gasteiger partial charge in [-0.2, -0.15) is 0 Å². The molecule has 0 saturated carbocycles. The van der Waals surface area contributed by atoms with Crippen molar-refractivity contribution >= 4 is 56.3 Å². The molecule has 3 heterocycles. The Kier molecular flexibility index (Phi) is 4.16. The van der Waals surface area contributed by atoms with Gasteiger partial charge in [0.15, 0.2) is 5.58 Å². The van der Waals surface area contributed by atoms with Crippen LogP contribution in [-0.2, 0) is 9.31 Å². The molecule has 1 aliphatic heterocycles. The second-order valence-electron chi connectivity index (χ2n) is 10.5. The van der Waals surface area contributed by atoms with Crippen LogP contribution in [0.1, 0.15) is 27.7 Å². The van der Waals surface area contributed by atoms with Gasteiger partial charge < -0.3 is 18.3 Å². The average molecular weight is 459 g/mol. The van der Waals surface area contributed by atoms with Crippen LogP contribution in [0.5, 0.6) is 0 Å². The molecule has 0 radical (unpaired) electrons. The third-order valence-electron chi connectivity index (χ3n) is 7.85. The maximum Gasteiger partial charge on any atom is 0.494 e. The normalized spacial score (nSPS) is 17.3. The van der Waals surface area contributed by atoms with Crippen molar-refractivity contribution in [3.8, 4) is 5.69 Å². The molecule has 0 spiro atoms. The minimum atomic E-state index is -0.422. The van der Waals surface area contributed by atoms with Crippen LogP contribution >= 0.6 is 0 Å². The van der Waals surface area contributed by atoms with Gasteiger partial charge >= 0.3 is 7.12 Å². The molecular formula is C30H26BNO3. The molecule has 0 aliphatic carbocycles. The molecular weight excluding hydrogens is 433 g/mol. The zero-order valence-corrected chi connectivity index (χ0v) is 20.3. The smallest absolute Gasteiger partial charge is 0.454 e. The lowest BCUT2D eigenvalue weighted by Gasteiger charge is -2.32. The summed E-state index contributed by atoms with van der Waals surface area (Å²) >= 11 is 0. The Morgan fingerprint density at radius 3 is 1.89 bits per heavy atom. The number of aromatic nitrogens is 1. The van der Waals surface area contributed by atoms with Crippen molar-refractivity contribution in [3.05, 3.63) is 84.9 Å². The van der Waals surface area contributed by atoms with Gasteiger partial charge in [-0.25, -0.2) is 0 Å². The summed E-state index contributed by atoms with van der Waals surface area (Å²) in [7, 11) is -0.422. The van der Waals surface area contributed by atoms with E-state index >= 15 is 0 Å². The molecule has 0 atom stereocenters. The predicted molar refractivity (Wildman–Crippen MR) is 144 cm³/mol. The van der Waals surface area contributed by atoms with E-state index in [4.69, 9.17) is 13.7 Å². The van der Waals surface area contributed by atoms with Gasteiger partial charge in [-0.3, -0.25) is 0 Å². The number of nitrogens with zero attached hydrogens (tertiary/aromatic N) is 1. The monoisotopic (exact) mass is 459 g/mol. The number of hydrogen-bond acceptors (Lipinski definition) is 3. The van der Waals surface area contributed by atoms with Gasteiger partial charge in [0.2, 0.25) is 0 Å². The maximum absolute atomic E-state index is 6.58. The Morgan fingerprint density at radius 2 is 1.23 bits per heavy atom. The number of benzene rings is 4. The Bertz CT molecular complexity index is 1710. The molecule has 172 valence electrons. The highest BCUT2D eigenvalue weighted by Gasteiger charge is 2.51. The predicted octanol–water partition coefficient (Wildman–Crippen LogP) is 6.98. The zero-order chi connectivity index (χ0) is 23.9. The lowest BCUT2D eigenvalue weighted by atomic mass is 9.79. The van der Waals surface area contributed by atoms with E-state index in [0.29, 0.717) is 0 Å². The van der Waals surface area contributed by atoms with Crippen LogP contribution in [-0.4, -0.2) is 22.9 Å².